The van der Waals surface area contributed by atoms with Crippen LogP contribution in [0.2, 0.25) is 0 Å². The van der Waals surface area contributed by atoms with Gasteiger partial charge in [0, 0.05) is 0 Å². The highest BCUT2D eigenvalue weighted by atomic mass is 16.3. The quantitative estimate of drug-likeness (QED) is 0.941. The summed E-state index contributed by atoms with van der Waals surface area (Å²) in [6.45, 7) is 0. The van der Waals surface area contributed by atoms with Gasteiger partial charge in [0.05, 0.1) is 12.1 Å². The Morgan fingerprint density at radius 1 is 1.29 bits per heavy atom. The van der Waals surface area contributed by atoms with Crippen LogP contribution in [0.25, 0.3) is 0 Å². The summed E-state index contributed by atoms with van der Waals surface area (Å²) < 4.78 is 5.08. The Kier molecular flexibility index (Phi) is 4.01. The minimum absolute atomic E-state index is 0.00199. The molecule has 2 heterocycles. The lowest BCUT2D eigenvalue weighted by molar-refractivity contribution is -0.120. The van der Waals surface area contributed by atoms with Crippen molar-refractivity contribution in [2.24, 2.45) is 0 Å². The molecule has 0 spiro atoms. The Morgan fingerprint density at radius 3 is 2.76 bits per heavy atom. The molecule has 1 aliphatic heterocycles. The van der Waals surface area contributed by atoms with Crippen LogP contribution < -0.4 is 10.2 Å². The minimum Gasteiger partial charge on any atom is -0.449 e. The SMILES string of the molecule is CNC1CCCC(c2ccccc2)N(c2cocn2)C1=O. The molecule has 3 rings (SSSR count). The molecule has 5 heteroatoms. The van der Waals surface area contributed by atoms with Gasteiger partial charge >= 0.3 is 0 Å². The highest BCUT2D eigenvalue weighted by Crippen LogP contribution is 2.34. The van der Waals surface area contributed by atoms with E-state index in [2.05, 4.69) is 22.4 Å². The molecule has 1 aliphatic rings. The van der Waals surface area contributed by atoms with E-state index in [-0.39, 0.29) is 18.0 Å². The molecule has 21 heavy (non-hydrogen) atoms. The topological polar surface area (TPSA) is 58.4 Å². The third kappa shape index (κ3) is 2.69. The van der Waals surface area contributed by atoms with Crippen LogP contribution in [0.15, 0.2) is 47.4 Å². The molecule has 2 unspecified atom stereocenters. The molecule has 1 aromatic carbocycles. The number of benzene rings is 1. The van der Waals surface area contributed by atoms with Gasteiger partial charge in [-0.25, -0.2) is 0 Å². The molecule has 1 amide bonds. The van der Waals surface area contributed by atoms with Crippen LogP contribution >= 0.6 is 0 Å². The number of nitrogens with zero attached hydrogens (tertiary/aromatic N) is 2. The van der Waals surface area contributed by atoms with Gasteiger partial charge < -0.3 is 9.73 Å². The molecule has 5 nitrogen and oxygen atoms in total. The smallest absolute Gasteiger partial charge is 0.245 e. The maximum atomic E-state index is 12.8. The summed E-state index contributed by atoms with van der Waals surface area (Å²) >= 11 is 0. The zero-order valence-electron chi connectivity index (χ0n) is 12.0. The second-order valence-corrected chi connectivity index (χ2v) is 5.25. The zero-order chi connectivity index (χ0) is 14.7. The highest BCUT2D eigenvalue weighted by molar-refractivity contribution is 5.97. The number of nitrogens with one attached hydrogen (secondary N) is 1. The molecule has 110 valence electrons. The first-order valence-electron chi connectivity index (χ1n) is 7.24. The van der Waals surface area contributed by atoms with E-state index in [9.17, 15) is 4.79 Å². The van der Waals surface area contributed by atoms with E-state index in [0.29, 0.717) is 5.82 Å². The number of likely N-dealkylation sites (N-methyl/N-ethyl adjacent to an activating group) is 1. The Labute approximate surface area is 124 Å². The molecule has 0 radical (unpaired) electrons. The van der Waals surface area contributed by atoms with Crippen molar-refractivity contribution in [1.29, 1.82) is 0 Å². The van der Waals surface area contributed by atoms with Crippen LogP contribution in [0.3, 0.4) is 0 Å². The number of hydrogen-bond acceptors (Lipinski definition) is 4. The van der Waals surface area contributed by atoms with Crippen LogP contribution in [0, 0.1) is 0 Å². The number of hydrogen-bond donors (Lipinski definition) is 1. The molecule has 0 saturated carbocycles. The first kappa shape index (κ1) is 13.8. The summed E-state index contributed by atoms with van der Waals surface area (Å²) in [6.07, 6.45) is 5.65. The Morgan fingerprint density at radius 2 is 2.10 bits per heavy atom. The van der Waals surface area contributed by atoms with Gasteiger partial charge in [0.25, 0.3) is 0 Å². The van der Waals surface area contributed by atoms with Crippen LogP contribution in [-0.2, 0) is 4.79 Å². The third-order valence-electron chi connectivity index (χ3n) is 4.02. The van der Waals surface area contributed by atoms with E-state index in [1.165, 1.54) is 12.7 Å². The Hall–Kier alpha value is -2.14. The monoisotopic (exact) mass is 285 g/mol. The summed E-state index contributed by atoms with van der Waals surface area (Å²) in [4.78, 5) is 18.8. The number of aromatic nitrogens is 1. The second kappa shape index (κ2) is 6.10. The minimum atomic E-state index is -0.171. The number of rotatable bonds is 3. The van der Waals surface area contributed by atoms with Gasteiger partial charge in [-0.05, 0) is 31.9 Å². The van der Waals surface area contributed by atoms with Crippen molar-refractivity contribution in [1.82, 2.24) is 10.3 Å². The van der Waals surface area contributed by atoms with E-state index in [1.807, 2.05) is 25.2 Å². The van der Waals surface area contributed by atoms with Gasteiger partial charge in [-0.1, -0.05) is 30.3 Å². The predicted octanol–water partition coefficient (Wildman–Crippen LogP) is 2.52. The normalized spacial score (nSPS) is 23.1. The van der Waals surface area contributed by atoms with Crippen molar-refractivity contribution >= 4 is 11.7 Å². The molecule has 1 N–H and O–H groups in total. The summed E-state index contributed by atoms with van der Waals surface area (Å²) in [5, 5.41) is 3.11. The molecule has 1 fully saturated rings. The van der Waals surface area contributed by atoms with Crippen LogP contribution in [0.1, 0.15) is 30.9 Å². The fraction of sp³-hybridized carbons (Fsp3) is 0.375. The number of carbonyl (C=O) groups is 1. The lowest BCUT2D eigenvalue weighted by Crippen LogP contribution is -2.45. The van der Waals surface area contributed by atoms with E-state index >= 15 is 0 Å². The van der Waals surface area contributed by atoms with Crippen LogP contribution in [0.5, 0.6) is 0 Å². The lowest BCUT2D eigenvalue weighted by Gasteiger charge is -2.29. The van der Waals surface area contributed by atoms with Gasteiger partial charge in [0.2, 0.25) is 5.91 Å². The summed E-state index contributed by atoms with van der Waals surface area (Å²) in [6, 6.07) is 9.94. The number of amides is 1. The molecule has 2 atom stereocenters. The summed E-state index contributed by atoms with van der Waals surface area (Å²) in [5.41, 5.74) is 1.13. The third-order valence-corrected chi connectivity index (χ3v) is 4.02. The number of carbonyl (C=O) groups excluding carboxylic acids is 1. The van der Waals surface area contributed by atoms with Crippen LogP contribution in [-0.4, -0.2) is 24.0 Å². The van der Waals surface area contributed by atoms with Gasteiger partial charge in [0.15, 0.2) is 12.2 Å². The first-order valence-corrected chi connectivity index (χ1v) is 7.24. The number of oxazole rings is 1. The van der Waals surface area contributed by atoms with Gasteiger partial charge in [-0.2, -0.15) is 4.98 Å². The fourth-order valence-electron chi connectivity index (χ4n) is 2.95. The fourth-order valence-corrected chi connectivity index (χ4v) is 2.95. The maximum Gasteiger partial charge on any atom is 0.245 e. The lowest BCUT2D eigenvalue weighted by atomic mass is 10.0. The number of anilines is 1. The molecule has 0 bridgehead atoms. The predicted molar refractivity (Wildman–Crippen MR) is 79.9 cm³/mol. The van der Waals surface area contributed by atoms with E-state index < -0.39 is 0 Å². The average molecular weight is 285 g/mol. The zero-order valence-corrected chi connectivity index (χ0v) is 12.0. The summed E-state index contributed by atoms with van der Waals surface area (Å²) in [7, 11) is 1.83. The van der Waals surface area contributed by atoms with E-state index in [0.717, 1.165) is 24.8 Å². The Bertz CT molecular complexity index is 583. The molecular formula is C16H19N3O2. The van der Waals surface area contributed by atoms with Crippen molar-refractivity contribution < 1.29 is 9.21 Å². The van der Waals surface area contributed by atoms with Crippen molar-refractivity contribution in [3.63, 3.8) is 0 Å². The van der Waals surface area contributed by atoms with Crippen molar-refractivity contribution in [2.45, 2.75) is 31.3 Å². The van der Waals surface area contributed by atoms with Crippen molar-refractivity contribution in [3.05, 3.63) is 48.6 Å². The van der Waals surface area contributed by atoms with E-state index in [1.54, 1.807) is 4.90 Å². The largest absolute Gasteiger partial charge is 0.449 e. The molecule has 1 saturated heterocycles. The molecular weight excluding hydrogens is 266 g/mol. The van der Waals surface area contributed by atoms with Gasteiger partial charge in [-0.3, -0.25) is 9.69 Å². The highest BCUT2D eigenvalue weighted by Gasteiger charge is 2.35. The molecule has 2 aromatic rings. The maximum absolute atomic E-state index is 12.8. The van der Waals surface area contributed by atoms with Crippen LogP contribution in [0.4, 0.5) is 5.82 Å². The van der Waals surface area contributed by atoms with E-state index in [4.69, 9.17) is 4.42 Å². The standard InChI is InChI=1S/C16H19N3O2/c1-17-13-8-5-9-14(12-6-3-2-4-7-12)19(16(13)20)15-10-21-11-18-15/h2-4,6-7,10-11,13-14,17H,5,8-9H2,1H3. The van der Waals surface area contributed by atoms with Crippen molar-refractivity contribution in [2.75, 3.05) is 11.9 Å². The second-order valence-electron chi connectivity index (χ2n) is 5.25. The molecule has 1 aromatic heterocycles. The summed E-state index contributed by atoms with van der Waals surface area (Å²) in [5.74, 6) is 0.633. The van der Waals surface area contributed by atoms with Gasteiger partial charge in [0.1, 0.15) is 6.26 Å². The molecule has 0 aliphatic carbocycles. The van der Waals surface area contributed by atoms with Crippen molar-refractivity contribution in [3.8, 4) is 0 Å². The Balaban J connectivity index is 2.02. The first-order chi connectivity index (χ1) is 10.3. The van der Waals surface area contributed by atoms with Gasteiger partial charge in [-0.15, -0.1) is 0 Å². The average Bonchev–Trinajstić information content (AvgIpc) is 2.99.